The lowest BCUT2D eigenvalue weighted by molar-refractivity contribution is -0.145. The number of rotatable bonds is 69. The van der Waals surface area contributed by atoms with Crippen molar-refractivity contribution in [2.24, 2.45) is 0 Å². The van der Waals surface area contributed by atoms with E-state index in [1.807, 2.05) is 55.4 Å². The predicted molar refractivity (Wildman–Crippen MR) is 566 cm³/mol. The topological polar surface area (TPSA) is 466 Å². The summed E-state index contributed by atoms with van der Waals surface area (Å²) in [4.78, 5) is 132. The van der Waals surface area contributed by atoms with Crippen LogP contribution in [-0.4, -0.2) is 299 Å². The molecule has 12 aliphatic rings. The van der Waals surface area contributed by atoms with Gasteiger partial charge in [0.05, 0.1) is 74.8 Å². The molecule has 876 valence electrons. The van der Waals surface area contributed by atoms with Crippen molar-refractivity contribution >= 4 is 71.6 Å². The van der Waals surface area contributed by atoms with Gasteiger partial charge in [0.2, 0.25) is 0 Å². The van der Waals surface area contributed by atoms with E-state index >= 15 is 0 Å². The van der Waals surface area contributed by atoms with Crippen LogP contribution in [0.15, 0.2) is 0 Å². The lowest BCUT2D eigenvalue weighted by Crippen LogP contribution is -2.10. The molecule has 12 rings (SSSR count). The van der Waals surface area contributed by atoms with E-state index in [0.29, 0.717) is 175 Å². The maximum Gasteiger partial charge on any atom is 0.305 e. The van der Waals surface area contributed by atoms with Crippen molar-refractivity contribution in [3.8, 4) is 0 Å². The van der Waals surface area contributed by atoms with Gasteiger partial charge in [0.15, 0.2) is 0 Å². The van der Waals surface area contributed by atoms with Gasteiger partial charge in [-0.1, -0.05) is 232 Å². The molecule has 0 saturated carbocycles. The predicted octanol–water partition coefficient (Wildman–Crippen LogP) is 20.4. The third-order valence-electron chi connectivity index (χ3n) is 24.8. The molecule has 12 aliphatic heterocycles. The third kappa shape index (κ3) is 89.4. The fourth-order valence-corrected chi connectivity index (χ4v) is 13.3. The first-order chi connectivity index (χ1) is 72.2. The van der Waals surface area contributed by atoms with E-state index in [4.69, 9.17) is 114 Å². The Balaban J connectivity index is 0.000000819. The van der Waals surface area contributed by atoms with E-state index in [0.717, 1.165) is 167 Å². The van der Waals surface area contributed by atoms with E-state index in [-0.39, 0.29) is 182 Å². The molecule has 0 aliphatic carbocycles. The number of esters is 12. The molecule has 12 heterocycles. The summed E-state index contributed by atoms with van der Waals surface area (Å²) in [5.41, 5.74) is 0. The van der Waals surface area contributed by atoms with Gasteiger partial charge in [-0.05, 0) is 125 Å². The maximum atomic E-state index is 11.2. The van der Waals surface area contributed by atoms with Crippen molar-refractivity contribution in [3.05, 3.63) is 0 Å². The van der Waals surface area contributed by atoms with Crippen LogP contribution in [0, 0.1) is 0 Å². The summed E-state index contributed by atoms with van der Waals surface area (Å²) < 4.78 is 121. The fraction of sp³-hybridized carbons (Fsp3) is 0.895. The molecule has 21 atom stereocenters. The smallest absolute Gasteiger partial charge is 0.305 e. The zero-order valence-corrected chi connectivity index (χ0v) is 96.2. The number of epoxide rings is 12. The zero-order chi connectivity index (χ0) is 111. The molecule has 12 saturated heterocycles. The van der Waals surface area contributed by atoms with Crippen molar-refractivity contribution in [2.45, 2.75) is 563 Å². The van der Waals surface area contributed by atoms with Gasteiger partial charge in [-0.15, -0.1) is 0 Å². The summed E-state index contributed by atoms with van der Waals surface area (Å²) in [6.07, 6.45) is 46.8. The second kappa shape index (κ2) is 91.3. The van der Waals surface area contributed by atoms with Gasteiger partial charge >= 0.3 is 71.6 Å². The summed E-state index contributed by atoms with van der Waals surface area (Å²) in [5, 5.41) is 0. The van der Waals surface area contributed by atoms with Crippen LogP contribution in [0.25, 0.3) is 0 Å². The van der Waals surface area contributed by atoms with Crippen LogP contribution in [0.1, 0.15) is 434 Å². The summed E-state index contributed by atoms with van der Waals surface area (Å²) >= 11 is 0. The minimum atomic E-state index is -0.150. The van der Waals surface area contributed by atoms with E-state index in [1.165, 1.54) is 64.2 Å². The number of ether oxygens (including phenoxy) is 24. The molecular formula is C114H204O36. The van der Waals surface area contributed by atoms with Crippen LogP contribution in [0.3, 0.4) is 0 Å². The van der Waals surface area contributed by atoms with Crippen molar-refractivity contribution < 1.29 is 171 Å². The Bertz CT molecular complexity index is 3460. The Morgan fingerprint density at radius 3 is 0.473 bits per heavy atom. The van der Waals surface area contributed by atoms with E-state index < -0.39 is 0 Å². The minimum absolute atomic E-state index is 0.0722. The van der Waals surface area contributed by atoms with Crippen LogP contribution in [0.2, 0.25) is 0 Å². The highest BCUT2D eigenvalue weighted by molar-refractivity contribution is 5.73. The highest BCUT2D eigenvalue weighted by Crippen LogP contribution is 2.30. The summed E-state index contributed by atoms with van der Waals surface area (Å²) in [5.74, 6) is -1.18. The Kier molecular flexibility index (Phi) is 85.9. The molecule has 0 aromatic carbocycles. The molecule has 0 N–H and O–H groups in total. The van der Waals surface area contributed by atoms with Crippen molar-refractivity contribution in [2.75, 3.05) is 99.1 Å². The molecule has 0 radical (unpaired) electrons. The first-order valence-corrected chi connectivity index (χ1v) is 57.8. The standard InChI is InChI=1S/C12H22O3.2C11H20O3.3C10H18O3.3C9H16O3.2C8H14O3.C7H12O3/c1-3-4-5-6-7-8-12(13)14-9-11-10(2)15-11;1-3-4-5-6-7-11(12)13-8-10-9(2)14-10;1-2-3-4-5-6-7-11(12)14-9-10-8-13-10;1-3-4-5-6-10(11)12-7-9-8(2)13-9;1-3-5-6-10(11)12-7-9-8(4-2)13-9;1-2-3-4-5-6-10(11)13-8-9-7-12-9;1-3-4-5-9(10)11-6-8-7(2)12-8;1-3-5-9(10)11-6-8-7(4-2)12-8;1-2-3-4-5-9(10)12-7-8-6-11-8;1-3-4-8(9)10-5-7-6(2)11-7;1-3-6-7(11-6)5-10-8(9)4-2;1-3-7(8)9-4-6-5(2)10-6/h10-11H,3-9H2,1-2H3;9-10H,3-8H2,1-2H3;10H,2-9H2,1H3;2*8-9H,3-7H2,1-2H3;9H,2-8H2,1H3;2*7-8H,3-6H2,1-2H3;8H,2-7H2,1H3;2*6-7H,3-5H2,1-2H3;5-6H,3-4H2,1-2H3. The monoisotopic (exact) mass is 2150 g/mol. The number of carbonyl (C=O) groups excluding carboxylic acids is 12. The summed E-state index contributed by atoms with van der Waals surface area (Å²) in [6, 6.07) is 0. The van der Waals surface area contributed by atoms with Gasteiger partial charge in [-0.3, -0.25) is 57.5 Å². The average molecular weight is 2150 g/mol. The van der Waals surface area contributed by atoms with Crippen LogP contribution in [0.5, 0.6) is 0 Å². The molecule has 36 nitrogen and oxygen atoms in total. The molecule has 0 aromatic heterocycles. The molecule has 0 bridgehead atoms. The molecule has 21 unspecified atom stereocenters. The van der Waals surface area contributed by atoms with Crippen LogP contribution < -0.4 is 0 Å². The van der Waals surface area contributed by atoms with Crippen LogP contribution in [-0.2, 0) is 171 Å². The molecule has 36 heteroatoms. The first-order valence-electron chi connectivity index (χ1n) is 57.8. The SMILES string of the molecule is CCC(=O)OCC1OC1C.CCC(=O)OCC1OC1CC.CCCC(=O)OCC1OC1C.CCCC(=O)OCC1OC1CC.CCCCC(=O)OCC1OC1C.CCCCC(=O)OCC1OC1CC.CCCCCC(=O)OCC1CO1.CCCCCC(=O)OCC1OC1C.CCCCCCC(=O)OCC1CO1.CCCCCCC(=O)OCC1OC1C.CCCCCCCC(=O)OCC1CO1.CCCCCCCC(=O)OCC1OC1C. The van der Waals surface area contributed by atoms with Crippen molar-refractivity contribution in [3.63, 3.8) is 0 Å². The van der Waals surface area contributed by atoms with E-state index in [1.54, 1.807) is 13.8 Å². The Hall–Kier alpha value is -6.84. The highest BCUT2D eigenvalue weighted by Gasteiger charge is 2.43. The normalized spacial score (nSPS) is 24.7. The Labute approximate surface area is 900 Å². The van der Waals surface area contributed by atoms with Crippen LogP contribution in [0.4, 0.5) is 0 Å². The number of unbranched alkanes of at least 4 members (excludes halogenated alkanes) is 20. The molecule has 12 fully saturated rings. The second-order valence-electron chi connectivity index (χ2n) is 39.5. The molecule has 0 amide bonds. The fourth-order valence-electron chi connectivity index (χ4n) is 13.3. The average Bonchev–Trinajstić information content (AvgIpc) is 1.72. The largest absolute Gasteiger partial charge is 0.463 e. The Morgan fingerprint density at radius 1 is 0.167 bits per heavy atom. The molecule has 150 heavy (non-hydrogen) atoms. The molecule has 0 spiro atoms. The van der Waals surface area contributed by atoms with Gasteiger partial charge in [0.25, 0.3) is 0 Å². The minimum Gasteiger partial charge on any atom is -0.463 e. The maximum absolute atomic E-state index is 11.2. The van der Waals surface area contributed by atoms with Gasteiger partial charge in [-0.2, -0.15) is 0 Å². The van der Waals surface area contributed by atoms with Gasteiger partial charge in [0, 0.05) is 77.0 Å². The van der Waals surface area contributed by atoms with Gasteiger partial charge in [-0.25, -0.2) is 0 Å². The van der Waals surface area contributed by atoms with E-state index in [2.05, 4.69) is 76.2 Å². The number of hydrogen-bond acceptors (Lipinski definition) is 36. The van der Waals surface area contributed by atoms with Gasteiger partial charge < -0.3 is 114 Å². The Morgan fingerprint density at radius 2 is 0.313 bits per heavy atom. The number of carbonyl (C=O) groups is 12. The van der Waals surface area contributed by atoms with E-state index in [9.17, 15) is 57.5 Å². The summed E-state index contributed by atoms with van der Waals surface area (Å²) in [7, 11) is 0. The quantitative estimate of drug-likeness (QED) is 0.0236. The molecule has 0 aromatic rings. The van der Waals surface area contributed by atoms with Gasteiger partial charge in [0.1, 0.15) is 153 Å². The van der Waals surface area contributed by atoms with Crippen LogP contribution >= 0.6 is 0 Å². The lowest BCUT2D eigenvalue weighted by Gasteiger charge is -2.02. The van der Waals surface area contributed by atoms with Crippen molar-refractivity contribution in [1.82, 2.24) is 0 Å². The third-order valence-corrected chi connectivity index (χ3v) is 24.8. The number of hydrogen-bond donors (Lipinski definition) is 0. The van der Waals surface area contributed by atoms with Crippen molar-refractivity contribution in [1.29, 1.82) is 0 Å². The molecular weight excluding hydrogens is 1950 g/mol. The summed E-state index contributed by atoms with van der Waals surface area (Å²) in [6.45, 7) is 50.1. The zero-order valence-electron chi connectivity index (χ0n) is 96.2. The lowest BCUT2D eigenvalue weighted by atomic mass is 10.1. The second-order valence-corrected chi connectivity index (χ2v) is 39.5. The first kappa shape index (κ1) is 141. The highest BCUT2D eigenvalue weighted by atomic mass is 16.7.